The van der Waals surface area contributed by atoms with E-state index in [-0.39, 0.29) is 12.5 Å². The smallest absolute Gasteiger partial charge is 0.246 e. The summed E-state index contributed by atoms with van der Waals surface area (Å²) in [7, 11) is -4.34. The van der Waals surface area contributed by atoms with Crippen LogP contribution in [-0.2, 0) is 10.0 Å². The average molecular weight is 310 g/mol. The van der Waals surface area contributed by atoms with E-state index in [2.05, 4.69) is 4.72 Å². The van der Waals surface area contributed by atoms with Gasteiger partial charge in [-0.15, -0.1) is 0 Å². The summed E-state index contributed by atoms with van der Waals surface area (Å²) in [5.41, 5.74) is 5.41. The fourth-order valence-electron chi connectivity index (χ4n) is 1.63. The van der Waals surface area contributed by atoms with Gasteiger partial charge in [-0.25, -0.2) is 26.3 Å². The van der Waals surface area contributed by atoms with Crippen LogP contribution in [-0.4, -0.2) is 21.5 Å². The van der Waals surface area contributed by atoms with E-state index in [1.807, 2.05) is 6.92 Å². The standard InChI is InChI=1S/C12H17F3N2O2S/c1-8(7-16)3-2-4-17-20(18,19)12-10(14)5-9(13)6-11(12)15/h5-6,8,17H,2-4,7,16H2,1H3. The van der Waals surface area contributed by atoms with Crippen LogP contribution in [0.15, 0.2) is 17.0 Å². The predicted molar refractivity (Wildman–Crippen MR) is 69.0 cm³/mol. The van der Waals surface area contributed by atoms with Gasteiger partial charge in [0.1, 0.15) is 17.5 Å². The molecule has 8 heteroatoms. The van der Waals surface area contributed by atoms with Crippen LogP contribution in [0.3, 0.4) is 0 Å². The highest BCUT2D eigenvalue weighted by atomic mass is 32.2. The van der Waals surface area contributed by atoms with E-state index >= 15 is 0 Å². The second-order valence-electron chi connectivity index (χ2n) is 4.58. The molecule has 0 radical (unpaired) electrons. The van der Waals surface area contributed by atoms with Crippen LogP contribution < -0.4 is 10.5 Å². The van der Waals surface area contributed by atoms with E-state index in [1.165, 1.54) is 0 Å². The first kappa shape index (κ1) is 16.9. The molecule has 0 fully saturated rings. The Hall–Kier alpha value is -1.12. The van der Waals surface area contributed by atoms with Gasteiger partial charge in [-0.3, -0.25) is 0 Å². The minimum Gasteiger partial charge on any atom is -0.330 e. The summed E-state index contributed by atoms with van der Waals surface area (Å²) >= 11 is 0. The zero-order valence-corrected chi connectivity index (χ0v) is 11.8. The monoisotopic (exact) mass is 310 g/mol. The van der Waals surface area contributed by atoms with Crippen molar-refractivity contribution < 1.29 is 21.6 Å². The van der Waals surface area contributed by atoms with Crippen molar-refractivity contribution in [3.63, 3.8) is 0 Å². The Balaban J connectivity index is 2.75. The van der Waals surface area contributed by atoms with Crippen LogP contribution in [0.1, 0.15) is 19.8 Å². The van der Waals surface area contributed by atoms with Crippen LogP contribution in [0.2, 0.25) is 0 Å². The molecule has 4 nitrogen and oxygen atoms in total. The molecule has 1 aromatic carbocycles. The van der Waals surface area contributed by atoms with Gasteiger partial charge in [-0.2, -0.15) is 0 Å². The second kappa shape index (κ2) is 7.05. The number of benzene rings is 1. The molecule has 20 heavy (non-hydrogen) atoms. The molecule has 0 amide bonds. The van der Waals surface area contributed by atoms with Crippen molar-refractivity contribution in [1.29, 1.82) is 0 Å². The maximum Gasteiger partial charge on any atom is 0.246 e. The average Bonchev–Trinajstić information content (AvgIpc) is 2.32. The van der Waals surface area contributed by atoms with Crippen LogP contribution in [0, 0.1) is 23.4 Å². The Kier molecular flexibility index (Phi) is 5.97. The molecule has 3 N–H and O–H groups in total. The van der Waals surface area contributed by atoms with Crippen LogP contribution in [0.5, 0.6) is 0 Å². The van der Waals surface area contributed by atoms with E-state index < -0.39 is 32.4 Å². The van der Waals surface area contributed by atoms with Gasteiger partial charge >= 0.3 is 0 Å². The molecule has 0 spiro atoms. The van der Waals surface area contributed by atoms with Crippen molar-refractivity contribution in [1.82, 2.24) is 4.72 Å². The summed E-state index contributed by atoms with van der Waals surface area (Å²) in [6.45, 7) is 2.42. The Morgan fingerprint density at radius 1 is 1.25 bits per heavy atom. The minimum absolute atomic E-state index is 0.0307. The van der Waals surface area contributed by atoms with Gasteiger partial charge < -0.3 is 5.73 Å². The van der Waals surface area contributed by atoms with Crippen molar-refractivity contribution in [3.05, 3.63) is 29.6 Å². The third kappa shape index (κ3) is 4.46. The van der Waals surface area contributed by atoms with E-state index in [4.69, 9.17) is 5.73 Å². The number of nitrogens with two attached hydrogens (primary N) is 1. The van der Waals surface area contributed by atoms with E-state index in [0.29, 0.717) is 31.5 Å². The zero-order valence-electron chi connectivity index (χ0n) is 11.0. The van der Waals surface area contributed by atoms with Crippen molar-refractivity contribution in [3.8, 4) is 0 Å². The zero-order chi connectivity index (χ0) is 15.3. The summed E-state index contributed by atoms with van der Waals surface area (Å²) in [6.07, 6.45) is 1.18. The Bertz CT molecular complexity index is 541. The van der Waals surface area contributed by atoms with Crippen LogP contribution in [0.4, 0.5) is 13.2 Å². The van der Waals surface area contributed by atoms with Crippen molar-refractivity contribution in [2.24, 2.45) is 11.7 Å². The van der Waals surface area contributed by atoms with Crippen LogP contribution in [0.25, 0.3) is 0 Å². The third-order valence-electron chi connectivity index (χ3n) is 2.80. The summed E-state index contributed by atoms with van der Waals surface area (Å²) in [5.74, 6) is -3.84. The summed E-state index contributed by atoms with van der Waals surface area (Å²) in [6, 6.07) is 0.655. The topological polar surface area (TPSA) is 72.2 Å². The highest BCUT2D eigenvalue weighted by molar-refractivity contribution is 7.89. The Morgan fingerprint density at radius 2 is 1.80 bits per heavy atom. The maximum absolute atomic E-state index is 13.4. The molecule has 114 valence electrons. The molecule has 1 unspecified atom stereocenters. The molecular formula is C12H17F3N2O2S. The first-order valence-electron chi connectivity index (χ1n) is 6.12. The molecule has 1 atom stereocenters. The fourth-order valence-corrected chi connectivity index (χ4v) is 2.82. The minimum atomic E-state index is -4.34. The van der Waals surface area contributed by atoms with Gasteiger partial charge in [0.25, 0.3) is 0 Å². The molecule has 0 saturated carbocycles. The first-order valence-corrected chi connectivity index (χ1v) is 7.60. The van der Waals surface area contributed by atoms with E-state index in [9.17, 15) is 21.6 Å². The lowest BCUT2D eigenvalue weighted by atomic mass is 10.1. The lowest BCUT2D eigenvalue weighted by Crippen LogP contribution is -2.27. The summed E-state index contributed by atoms with van der Waals surface area (Å²) in [4.78, 5) is -1.16. The van der Waals surface area contributed by atoms with Gasteiger partial charge in [0.05, 0.1) is 0 Å². The largest absolute Gasteiger partial charge is 0.330 e. The third-order valence-corrected chi connectivity index (χ3v) is 4.31. The Morgan fingerprint density at radius 3 is 2.30 bits per heavy atom. The number of nitrogens with one attached hydrogen (secondary N) is 1. The number of sulfonamides is 1. The number of halogens is 3. The fraction of sp³-hybridized carbons (Fsp3) is 0.500. The summed E-state index contributed by atoms with van der Waals surface area (Å²) in [5, 5.41) is 0. The van der Waals surface area contributed by atoms with Crippen molar-refractivity contribution in [2.75, 3.05) is 13.1 Å². The number of hydrogen-bond donors (Lipinski definition) is 2. The van der Waals surface area contributed by atoms with Crippen LogP contribution >= 0.6 is 0 Å². The molecule has 0 aliphatic heterocycles. The highest BCUT2D eigenvalue weighted by Gasteiger charge is 2.24. The summed E-state index contributed by atoms with van der Waals surface area (Å²) < 4.78 is 65.1. The van der Waals surface area contributed by atoms with Crippen molar-refractivity contribution in [2.45, 2.75) is 24.7 Å². The van der Waals surface area contributed by atoms with Gasteiger partial charge in [0.2, 0.25) is 10.0 Å². The molecule has 0 bridgehead atoms. The number of rotatable bonds is 7. The normalized spacial score (nSPS) is 13.4. The van der Waals surface area contributed by atoms with Gasteiger partial charge in [0.15, 0.2) is 4.90 Å². The van der Waals surface area contributed by atoms with Gasteiger partial charge in [0, 0.05) is 18.7 Å². The quantitative estimate of drug-likeness (QED) is 0.754. The van der Waals surface area contributed by atoms with Gasteiger partial charge in [-0.1, -0.05) is 6.92 Å². The molecule has 0 saturated heterocycles. The van der Waals surface area contributed by atoms with Crippen molar-refractivity contribution >= 4 is 10.0 Å². The molecule has 0 aliphatic carbocycles. The lowest BCUT2D eigenvalue weighted by Gasteiger charge is -2.10. The molecule has 1 rings (SSSR count). The lowest BCUT2D eigenvalue weighted by molar-refractivity contribution is 0.489. The first-order chi connectivity index (χ1) is 9.27. The second-order valence-corrected chi connectivity index (χ2v) is 6.28. The molecular weight excluding hydrogens is 293 g/mol. The van der Waals surface area contributed by atoms with Gasteiger partial charge in [-0.05, 0) is 25.3 Å². The number of hydrogen-bond acceptors (Lipinski definition) is 3. The molecule has 0 aromatic heterocycles. The van der Waals surface area contributed by atoms with E-state index in [0.717, 1.165) is 0 Å². The molecule has 1 aromatic rings. The highest BCUT2D eigenvalue weighted by Crippen LogP contribution is 2.19. The maximum atomic E-state index is 13.4. The van der Waals surface area contributed by atoms with E-state index in [1.54, 1.807) is 0 Å². The Labute approximate surface area is 116 Å². The molecule has 0 heterocycles. The predicted octanol–water partition coefficient (Wildman–Crippen LogP) is 1.76. The SMILES string of the molecule is CC(CN)CCCNS(=O)(=O)c1c(F)cc(F)cc1F. The molecule has 0 aliphatic rings.